The average molecular weight is 287 g/mol. The van der Waals surface area contributed by atoms with Crippen LogP contribution in [0.3, 0.4) is 0 Å². The summed E-state index contributed by atoms with van der Waals surface area (Å²) >= 11 is 0. The van der Waals surface area contributed by atoms with E-state index in [9.17, 15) is 4.79 Å². The van der Waals surface area contributed by atoms with Gasteiger partial charge in [-0.25, -0.2) is 0 Å². The van der Waals surface area contributed by atoms with Crippen LogP contribution < -0.4 is 16.0 Å². The Bertz CT molecular complexity index is 519. The number of hydrogen-bond donors (Lipinski definition) is 3. The van der Waals surface area contributed by atoms with Gasteiger partial charge in [-0.3, -0.25) is 4.79 Å². The zero-order chi connectivity index (χ0) is 14.8. The topological polar surface area (TPSA) is 53.2 Å². The van der Waals surface area contributed by atoms with E-state index in [-0.39, 0.29) is 11.9 Å². The van der Waals surface area contributed by atoms with Crippen LogP contribution in [0.5, 0.6) is 0 Å². The van der Waals surface area contributed by atoms with Crippen LogP contribution in [-0.4, -0.2) is 31.1 Å². The first-order valence-corrected chi connectivity index (χ1v) is 8.07. The van der Waals surface area contributed by atoms with Crippen molar-refractivity contribution in [3.8, 4) is 0 Å². The summed E-state index contributed by atoms with van der Waals surface area (Å²) in [4.78, 5) is 12.7. The predicted molar refractivity (Wildman–Crippen MR) is 85.8 cm³/mol. The maximum Gasteiger partial charge on any atom is 0.251 e. The van der Waals surface area contributed by atoms with E-state index in [1.165, 1.54) is 5.56 Å². The Morgan fingerprint density at radius 1 is 1.29 bits per heavy atom. The lowest BCUT2D eigenvalue weighted by Crippen LogP contribution is -2.56. The SMILES string of the molecule is CC1CCNC(C)C1NC(=O)c1cccc2c1CCCN2. The number of nitrogens with one attached hydrogen (secondary N) is 3. The molecule has 4 heteroatoms. The number of fused-ring (bicyclic) bond motifs is 1. The molecule has 0 aromatic heterocycles. The maximum atomic E-state index is 12.7. The predicted octanol–water partition coefficient (Wildman–Crippen LogP) is 2.16. The van der Waals surface area contributed by atoms with E-state index in [2.05, 4.69) is 35.9 Å². The first-order chi connectivity index (χ1) is 10.2. The standard InChI is InChI=1S/C17H25N3O/c1-11-8-10-18-12(2)16(11)20-17(21)14-5-3-7-15-13(14)6-4-9-19-15/h3,5,7,11-12,16,18-19H,4,6,8-10H2,1-2H3,(H,20,21). The minimum Gasteiger partial charge on any atom is -0.385 e. The molecule has 3 N–H and O–H groups in total. The third-order valence-corrected chi connectivity index (χ3v) is 4.86. The van der Waals surface area contributed by atoms with E-state index in [0.717, 1.165) is 43.6 Å². The Morgan fingerprint density at radius 3 is 2.95 bits per heavy atom. The summed E-state index contributed by atoms with van der Waals surface area (Å²) in [6.07, 6.45) is 3.19. The van der Waals surface area contributed by atoms with Crippen LogP contribution in [0.15, 0.2) is 18.2 Å². The second-order valence-corrected chi connectivity index (χ2v) is 6.37. The quantitative estimate of drug-likeness (QED) is 0.781. The number of amides is 1. The normalized spacial score (nSPS) is 28.4. The van der Waals surface area contributed by atoms with Gasteiger partial charge in [-0.2, -0.15) is 0 Å². The monoisotopic (exact) mass is 287 g/mol. The molecule has 2 aliphatic rings. The first kappa shape index (κ1) is 14.4. The second kappa shape index (κ2) is 6.06. The summed E-state index contributed by atoms with van der Waals surface area (Å²) in [5.41, 5.74) is 3.13. The van der Waals surface area contributed by atoms with Crippen LogP contribution in [-0.2, 0) is 6.42 Å². The van der Waals surface area contributed by atoms with E-state index < -0.39 is 0 Å². The summed E-state index contributed by atoms with van der Waals surface area (Å²) in [5, 5.41) is 10.1. The molecule has 0 aliphatic carbocycles. The van der Waals surface area contributed by atoms with Crippen LogP contribution >= 0.6 is 0 Å². The van der Waals surface area contributed by atoms with Gasteiger partial charge in [0.2, 0.25) is 0 Å². The van der Waals surface area contributed by atoms with Gasteiger partial charge in [-0.05, 0) is 56.3 Å². The fraction of sp³-hybridized carbons (Fsp3) is 0.588. The molecule has 2 aliphatic heterocycles. The fourth-order valence-corrected chi connectivity index (χ4v) is 3.56. The number of piperidine rings is 1. The summed E-state index contributed by atoms with van der Waals surface area (Å²) < 4.78 is 0. The lowest BCUT2D eigenvalue weighted by molar-refractivity contribution is 0.0896. The van der Waals surface area contributed by atoms with Gasteiger partial charge in [-0.15, -0.1) is 0 Å². The zero-order valence-corrected chi connectivity index (χ0v) is 12.9. The molecule has 2 heterocycles. The molecule has 3 atom stereocenters. The third kappa shape index (κ3) is 2.91. The molecule has 3 unspecified atom stereocenters. The van der Waals surface area contributed by atoms with Crippen molar-refractivity contribution in [3.63, 3.8) is 0 Å². The molecule has 0 saturated carbocycles. The van der Waals surface area contributed by atoms with E-state index in [0.29, 0.717) is 12.0 Å². The number of hydrogen-bond acceptors (Lipinski definition) is 3. The zero-order valence-electron chi connectivity index (χ0n) is 12.9. The molecule has 0 radical (unpaired) electrons. The Balaban J connectivity index is 1.79. The second-order valence-electron chi connectivity index (χ2n) is 6.37. The van der Waals surface area contributed by atoms with Gasteiger partial charge < -0.3 is 16.0 Å². The molecule has 4 nitrogen and oxygen atoms in total. The lowest BCUT2D eigenvalue weighted by atomic mass is 9.88. The number of benzene rings is 1. The molecule has 1 aromatic rings. The Hall–Kier alpha value is -1.55. The molecule has 0 spiro atoms. The van der Waals surface area contributed by atoms with Gasteiger partial charge in [0.15, 0.2) is 0 Å². The number of rotatable bonds is 2. The molecule has 1 amide bonds. The Kier molecular flexibility index (Phi) is 4.15. The summed E-state index contributed by atoms with van der Waals surface area (Å²) in [6.45, 7) is 6.42. The summed E-state index contributed by atoms with van der Waals surface area (Å²) in [6, 6.07) is 6.53. The van der Waals surface area contributed by atoms with Crippen LogP contribution in [0.1, 0.15) is 42.6 Å². The maximum absolute atomic E-state index is 12.7. The highest BCUT2D eigenvalue weighted by Gasteiger charge is 2.29. The fourth-order valence-electron chi connectivity index (χ4n) is 3.56. The van der Waals surface area contributed by atoms with Crippen molar-refractivity contribution in [1.82, 2.24) is 10.6 Å². The van der Waals surface area contributed by atoms with E-state index in [4.69, 9.17) is 0 Å². The molecule has 1 aromatic carbocycles. The van der Waals surface area contributed by atoms with Gasteiger partial charge in [0.1, 0.15) is 0 Å². The summed E-state index contributed by atoms with van der Waals surface area (Å²) in [5.74, 6) is 0.589. The van der Waals surface area contributed by atoms with E-state index in [1.54, 1.807) is 0 Å². The highest BCUT2D eigenvalue weighted by Crippen LogP contribution is 2.26. The average Bonchev–Trinajstić information content (AvgIpc) is 2.50. The lowest BCUT2D eigenvalue weighted by Gasteiger charge is -2.36. The van der Waals surface area contributed by atoms with Crippen LogP contribution in [0.25, 0.3) is 0 Å². The van der Waals surface area contributed by atoms with Crippen LogP contribution in [0.4, 0.5) is 5.69 Å². The van der Waals surface area contributed by atoms with E-state index >= 15 is 0 Å². The van der Waals surface area contributed by atoms with Crippen LogP contribution in [0.2, 0.25) is 0 Å². The van der Waals surface area contributed by atoms with Gasteiger partial charge in [0, 0.05) is 29.9 Å². The third-order valence-electron chi connectivity index (χ3n) is 4.86. The van der Waals surface area contributed by atoms with Crippen molar-refractivity contribution < 1.29 is 4.79 Å². The van der Waals surface area contributed by atoms with Crippen LogP contribution in [0, 0.1) is 5.92 Å². The van der Waals surface area contributed by atoms with Crippen molar-refractivity contribution in [3.05, 3.63) is 29.3 Å². The van der Waals surface area contributed by atoms with Gasteiger partial charge in [0.25, 0.3) is 5.91 Å². The summed E-state index contributed by atoms with van der Waals surface area (Å²) in [7, 11) is 0. The molecule has 0 bridgehead atoms. The van der Waals surface area contributed by atoms with Crippen molar-refractivity contribution in [2.24, 2.45) is 5.92 Å². The molecule has 21 heavy (non-hydrogen) atoms. The van der Waals surface area contributed by atoms with Crippen molar-refractivity contribution in [2.75, 3.05) is 18.4 Å². The van der Waals surface area contributed by atoms with Crippen molar-refractivity contribution in [1.29, 1.82) is 0 Å². The van der Waals surface area contributed by atoms with Crippen molar-refractivity contribution in [2.45, 2.75) is 45.2 Å². The number of carbonyl (C=O) groups excluding carboxylic acids is 1. The Morgan fingerprint density at radius 2 is 2.14 bits per heavy atom. The highest BCUT2D eigenvalue weighted by atomic mass is 16.1. The van der Waals surface area contributed by atoms with E-state index in [1.807, 2.05) is 12.1 Å². The number of carbonyl (C=O) groups is 1. The molecule has 114 valence electrons. The molecule has 1 saturated heterocycles. The highest BCUT2D eigenvalue weighted by molar-refractivity contribution is 5.97. The number of anilines is 1. The molecular weight excluding hydrogens is 262 g/mol. The largest absolute Gasteiger partial charge is 0.385 e. The van der Waals surface area contributed by atoms with Gasteiger partial charge >= 0.3 is 0 Å². The molecular formula is C17H25N3O. The molecule has 1 fully saturated rings. The van der Waals surface area contributed by atoms with Gasteiger partial charge in [0.05, 0.1) is 0 Å². The molecule has 3 rings (SSSR count). The minimum atomic E-state index is 0.0722. The Labute approximate surface area is 126 Å². The van der Waals surface area contributed by atoms with Gasteiger partial charge in [-0.1, -0.05) is 13.0 Å². The minimum absolute atomic E-state index is 0.0722. The van der Waals surface area contributed by atoms with Crippen molar-refractivity contribution >= 4 is 11.6 Å². The smallest absolute Gasteiger partial charge is 0.251 e. The first-order valence-electron chi connectivity index (χ1n) is 8.07.